The van der Waals surface area contributed by atoms with Gasteiger partial charge in [-0.25, -0.2) is 15.0 Å². The van der Waals surface area contributed by atoms with Crippen LogP contribution in [0.2, 0.25) is 0 Å². The number of nitrogens with one attached hydrogen (secondary N) is 1. The molecule has 0 amide bonds. The van der Waals surface area contributed by atoms with Crippen molar-refractivity contribution in [2.24, 2.45) is 0 Å². The smallest absolute Gasteiger partial charge is 0.413 e. The summed E-state index contributed by atoms with van der Waals surface area (Å²) in [6.45, 7) is 0. The third-order valence-electron chi connectivity index (χ3n) is 5.27. The monoisotopic (exact) mass is 756 g/mol. The van der Waals surface area contributed by atoms with E-state index in [2.05, 4.69) is 45.2 Å². The van der Waals surface area contributed by atoms with E-state index in [0.29, 0.717) is 22.8 Å². The summed E-state index contributed by atoms with van der Waals surface area (Å²) in [5.74, 6) is -2.70. The molecule has 0 bridgehead atoms. The molecule has 1 N–H and O–H groups in total. The molecule has 0 aliphatic heterocycles. The van der Waals surface area contributed by atoms with Crippen LogP contribution in [0.15, 0.2) is 85.2 Å². The van der Waals surface area contributed by atoms with E-state index in [1.807, 2.05) is 5.10 Å². The van der Waals surface area contributed by atoms with Crippen molar-refractivity contribution in [3.8, 4) is 45.8 Å². The maximum atomic E-state index is 12.5. The molecule has 0 fully saturated rings. The van der Waals surface area contributed by atoms with E-state index < -0.39 is 24.0 Å². The summed E-state index contributed by atoms with van der Waals surface area (Å²) in [6.07, 6.45) is -5.97. The van der Waals surface area contributed by atoms with Crippen LogP contribution in [-0.4, -0.2) is 45.2 Å². The Morgan fingerprint density at radius 3 is 1.57 bits per heavy atom. The van der Waals surface area contributed by atoms with Gasteiger partial charge in [0.2, 0.25) is 5.82 Å². The number of alkyl halides is 6. The summed E-state index contributed by atoms with van der Waals surface area (Å²) in [5, 5.41) is 11.9. The Kier molecular flexibility index (Phi) is 11.3. The first-order valence-electron chi connectivity index (χ1n) is 11.8. The number of rotatable bonds is 4. The molecule has 1 radical (unpaired) electrons. The fourth-order valence-corrected chi connectivity index (χ4v) is 3.40. The predicted molar refractivity (Wildman–Crippen MR) is 141 cm³/mol. The van der Waals surface area contributed by atoms with Gasteiger partial charge in [0, 0.05) is 51.0 Å². The molecule has 0 saturated heterocycles. The molecule has 6 heterocycles. The van der Waals surface area contributed by atoms with Crippen LogP contribution < -0.4 is 5.10 Å². The molecular formula is C27H19F6N10Tb-. The zero-order chi connectivity index (χ0) is 29.7. The van der Waals surface area contributed by atoms with Crippen molar-refractivity contribution in [3.63, 3.8) is 0 Å². The number of pyridine rings is 4. The molecule has 6 aromatic rings. The van der Waals surface area contributed by atoms with Crippen molar-refractivity contribution < 1.29 is 65.0 Å². The SMILES string of the molecule is C.FC(F)(F)c1n[n-]c(-c2cccc(-c3ccccn3)n2)n1.FC(F)(F)c1nc(-c2cccc(-c3ccccn3)n2)n[nH]1.[Tb]. The van der Waals surface area contributed by atoms with Gasteiger partial charge in [0.25, 0.3) is 0 Å². The van der Waals surface area contributed by atoms with Crippen LogP contribution in [0, 0.1) is 38.6 Å². The zero-order valence-electron chi connectivity index (χ0n) is 21.2. The Labute approximate surface area is 276 Å². The maximum Gasteiger partial charge on any atom is 0.451 e. The van der Waals surface area contributed by atoms with E-state index >= 15 is 0 Å². The molecule has 0 unspecified atom stereocenters. The minimum absolute atomic E-state index is 0. The first kappa shape index (κ1) is 34.2. The van der Waals surface area contributed by atoms with Crippen molar-refractivity contribution >= 4 is 0 Å². The van der Waals surface area contributed by atoms with Crippen LogP contribution in [0.25, 0.3) is 45.8 Å². The summed E-state index contributed by atoms with van der Waals surface area (Å²) in [7, 11) is 0. The van der Waals surface area contributed by atoms with Gasteiger partial charge in [-0.15, -0.1) is 0 Å². The van der Waals surface area contributed by atoms with E-state index in [1.165, 1.54) is 12.1 Å². The number of halogens is 6. The second-order valence-electron chi connectivity index (χ2n) is 8.21. The molecule has 0 aliphatic carbocycles. The van der Waals surface area contributed by atoms with Crippen LogP contribution >= 0.6 is 0 Å². The molecule has 6 aromatic heterocycles. The Balaban J connectivity index is 0.000000230. The molecule has 0 atom stereocenters. The standard InChI is InChI=1S/C13H8F3N5.C13H7F3N5.CH4.Tb/c2*14-13(15,16)12-19-11(20-21-12)10-6-3-5-9(18-10)8-4-1-2-7-17-8;;/h1-7H,(H,19,20,21);1-7H;1H4;/q;-1;;. The van der Waals surface area contributed by atoms with Crippen LogP contribution in [0.3, 0.4) is 0 Å². The average molecular weight is 756 g/mol. The van der Waals surface area contributed by atoms with Crippen molar-refractivity contribution in [2.75, 3.05) is 0 Å². The van der Waals surface area contributed by atoms with Crippen molar-refractivity contribution in [1.29, 1.82) is 0 Å². The largest absolute Gasteiger partial charge is 0.451 e. The van der Waals surface area contributed by atoms with Crippen molar-refractivity contribution in [1.82, 2.24) is 50.3 Å². The molecule has 10 nitrogen and oxygen atoms in total. The number of hydrogen-bond donors (Lipinski definition) is 1. The molecule has 0 aliphatic rings. The average Bonchev–Trinajstić information content (AvgIpc) is 3.70. The fourth-order valence-electron chi connectivity index (χ4n) is 3.40. The van der Waals surface area contributed by atoms with E-state index in [0.717, 1.165) is 0 Å². The summed E-state index contributed by atoms with van der Waals surface area (Å²) < 4.78 is 74.9. The summed E-state index contributed by atoms with van der Waals surface area (Å²) in [6, 6.07) is 20.4. The third kappa shape index (κ3) is 8.43. The Morgan fingerprint density at radius 1 is 0.568 bits per heavy atom. The topological polar surface area (TPSA) is 133 Å². The number of hydrogen-bond acceptors (Lipinski definition) is 8. The van der Waals surface area contributed by atoms with E-state index in [9.17, 15) is 26.3 Å². The normalized spacial score (nSPS) is 11.0. The minimum atomic E-state index is -4.62. The van der Waals surface area contributed by atoms with Gasteiger partial charge in [-0.3, -0.25) is 20.2 Å². The molecule has 17 heteroatoms. The number of aromatic amines is 1. The summed E-state index contributed by atoms with van der Waals surface area (Å²) >= 11 is 0. The van der Waals surface area contributed by atoms with Gasteiger partial charge in [-0.1, -0.05) is 31.7 Å². The van der Waals surface area contributed by atoms with Crippen molar-refractivity contribution in [3.05, 3.63) is 96.8 Å². The van der Waals surface area contributed by atoms with Gasteiger partial charge in [0.1, 0.15) is 11.5 Å². The van der Waals surface area contributed by atoms with Crippen LogP contribution in [0.4, 0.5) is 26.3 Å². The number of nitrogens with zero attached hydrogens (tertiary/aromatic N) is 9. The van der Waals surface area contributed by atoms with Crippen LogP contribution in [0.1, 0.15) is 19.1 Å². The Hall–Kier alpha value is -4.25. The quantitative estimate of drug-likeness (QED) is 0.210. The summed E-state index contributed by atoms with van der Waals surface area (Å²) in [5.41, 5.74) is 2.73. The predicted octanol–water partition coefficient (Wildman–Crippen LogP) is 6.16. The van der Waals surface area contributed by atoms with Gasteiger partial charge >= 0.3 is 12.4 Å². The molecule has 6 rings (SSSR count). The molecule has 44 heavy (non-hydrogen) atoms. The molecule has 0 saturated carbocycles. The zero-order valence-corrected chi connectivity index (χ0v) is 23.3. The van der Waals surface area contributed by atoms with Gasteiger partial charge in [0.15, 0.2) is 5.82 Å². The first-order chi connectivity index (χ1) is 20.1. The van der Waals surface area contributed by atoms with Gasteiger partial charge in [-0.2, -0.15) is 31.4 Å². The first-order valence-corrected chi connectivity index (χ1v) is 11.8. The molecule has 0 aromatic carbocycles. The fraction of sp³-hybridized carbons (Fsp3) is 0.111. The Bertz CT molecular complexity index is 1640. The second-order valence-corrected chi connectivity index (χ2v) is 8.21. The van der Waals surface area contributed by atoms with E-state index in [-0.39, 0.29) is 69.1 Å². The molecule has 0 spiro atoms. The molecule has 229 valence electrons. The van der Waals surface area contributed by atoms with Crippen LogP contribution in [0.5, 0.6) is 0 Å². The maximum absolute atomic E-state index is 12.5. The van der Waals surface area contributed by atoms with Crippen LogP contribution in [-0.2, 0) is 12.4 Å². The third-order valence-corrected chi connectivity index (χ3v) is 5.27. The summed E-state index contributed by atoms with van der Waals surface area (Å²) in [4.78, 5) is 23.5. The van der Waals surface area contributed by atoms with Gasteiger partial charge in [-0.05, 0) is 54.4 Å². The molecular weight excluding hydrogens is 737 g/mol. The van der Waals surface area contributed by atoms with Gasteiger partial charge in [0.05, 0.1) is 28.5 Å². The number of aromatic nitrogens is 10. The van der Waals surface area contributed by atoms with E-state index in [1.54, 1.807) is 73.1 Å². The van der Waals surface area contributed by atoms with Crippen molar-refractivity contribution in [2.45, 2.75) is 19.8 Å². The Morgan fingerprint density at radius 2 is 1.09 bits per heavy atom. The second kappa shape index (κ2) is 14.5. The minimum Gasteiger partial charge on any atom is -0.413 e. The van der Waals surface area contributed by atoms with E-state index in [4.69, 9.17) is 0 Å². The van der Waals surface area contributed by atoms with Gasteiger partial charge < -0.3 is 10.1 Å². The number of H-pyrrole nitrogens is 1.